The van der Waals surface area contributed by atoms with Crippen molar-refractivity contribution in [1.82, 2.24) is 5.32 Å². The third-order valence-corrected chi connectivity index (χ3v) is 4.46. The monoisotopic (exact) mass is 273 g/mol. The Labute approximate surface area is 123 Å². The number of Topliss-reactive ketones (excluding diaryl/α,β-unsaturated/α-hetero) is 1. The number of nitrogens with one attached hydrogen (secondary N) is 1. The molecule has 2 heteroatoms. The predicted molar refractivity (Wildman–Crippen MR) is 84.1 cm³/mol. The molecule has 2 nitrogen and oxygen atoms in total. The van der Waals surface area contributed by atoms with Crippen LogP contribution in [0.1, 0.15) is 56.0 Å². The number of rotatable bonds is 5. The van der Waals surface area contributed by atoms with Crippen LogP contribution < -0.4 is 5.32 Å². The van der Waals surface area contributed by atoms with Crippen LogP contribution in [0.2, 0.25) is 0 Å². The lowest BCUT2D eigenvalue weighted by atomic mass is 9.72. The van der Waals surface area contributed by atoms with Crippen molar-refractivity contribution < 1.29 is 4.79 Å². The fraction of sp³-hybridized carbons (Fsp3) is 0.611. The zero-order chi connectivity index (χ0) is 14.6. The molecular formula is C18H27NO. The van der Waals surface area contributed by atoms with Crippen LogP contribution in [0.25, 0.3) is 0 Å². The molecular weight excluding hydrogens is 246 g/mol. The van der Waals surface area contributed by atoms with E-state index < -0.39 is 0 Å². The summed E-state index contributed by atoms with van der Waals surface area (Å²) in [6.07, 6.45) is 4.08. The van der Waals surface area contributed by atoms with Gasteiger partial charge in [0.2, 0.25) is 0 Å². The van der Waals surface area contributed by atoms with E-state index in [2.05, 4.69) is 38.2 Å². The molecule has 1 N–H and O–H groups in total. The lowest BCUT2D eigenvalue weighted by Crippen LogP contribution is -2.45. The number of hydrogen-bond acceptors (Lipinski definition) is 2. The fourth-order valence-corrected chi connectivity index (χ4v) is 3.24. The Morgan fingerprint density at radius 2 is 2.20 bits per heavy atom. The van der Waals surface area contributed by atoms with Crippen LogP contribution in [0.15, 0.2) is 24.3 Å². The van der Waals surface area contributed by atoms with E-state index in [9.17, 15) is 4.79 Å². The average Bonchev–Trinajstić information content (AvgIpc) is 2.47. The first kappa shape index (κ1) is 15.2. The molecule has 0 amide bonds. The summed E-state index contributed by atoms with van der Waals surface area (Å²) in [5, 5.41) is 3.40. The minimum atomic E-state index is -0.186. The molecule has 1 aromatic carbocycles. The minimum Gasteiger partial charge on any atom is -0.316 e. The Morgan fingerprint density at radius 1 is 1.40 bits per heavy atom. The van der Waals surface area contributed by atoms with Gasteiger partial charge in [0.25, 0.3) is 0 Å². The molecule has 0 aromatic heterocycles. The largest absolute Gasteiger partial charge is 0.316 e. The highest BCUT2D eigenvalue weighted by atomic mass is 16.1. The number of hydrogen-bond donors (Lipinski definition) is 1. The van der Waals surface area contributed by atoms with Gasteiger partial charge in [0.05, 0.1) is 0 Å². The van der Waals surface area contributed by atoms with Crippen LogP contribution in [0, 0.1) is 11.3 Å². The van der Waals surface area contributed by atoms with Gasteiger partial charge in [0.15, 0.2) is 5.78 Å². The summed E-state index contributed by atoms with van der Waals surface area (Å²) in [6, 6.07) is 8.26. The van der Waals surface area contributed by atoms with Gasteiger partial charge in [-0.3, -0.25) is 4.79 Å². The molecule has 20 heavy (non-hydrogen) atoms. The van der Waals surface area contributed by atoms with Gasteiger partial charge in [-0.25, -0.2) is 0 Å². The van der Waals surface area contributed by atoms with Crippen LogP contribution in [0.5, 0.6) is 0 Å². The number of benzene rings is 1. The van der Waals surface area contributed by atoms with Crippen molar-refractivity contribution >= 4 is 5.78 Å². The molecule has 0 spiro atoms. The van der Waals surface area contributed by atoms with E-state index in [4.69, 9.17) is 0 Å². The highest BCUT2D eigenvalue weighted by Gasteiger charge is 2.38. The van der Waals surface area contributed by atoms with Crippen molar-refractivity contribution in [1.29, 1.82) is 0 Å². The summed E-state index contributed by atoms with van der Waals surface area (Å²) in [6.45, 7) is 8.45. The van der Waals surface area contributed by atoms with Crippen molar-refractivity contribution in [3.05, 3.63) is 35.4 Å². The Kier molecular flexibility index (Phi) is 4.98. The SMILES string of the molecule is CCC1(C(=O)c2cccc(CC(C)C)c2)CCCNC1. The quantitative estimate of drug-likeness (QED) is 0.826. The molecule has 1 atom stereocenters. The van der Waals surface area contributed by atoms with Gasteiger partial charge in [0, 0.05) is 17.5 Å². The third kappa shape index (κ3) is 3.29. The third-order valence-electron chi connectivity index (χ3n) is 4.46. The smallest absolute Gasteiger partial charge is 0.170 e. The van der Waals surface area contributed by atoms with Crippen molar-refractivity contribution in [2.24, 2.45) is 11.3 Å². The van der Waals surface area contributed by atoms with Crippen molar-refractivity contribution in [3.63, 3.8) is 0 Å². The summed E-state index contributed by atoms with van der Waals surface area (Å²) in [5.74, 6) is 0.953. The van der Waals surface area contributed by atoms with Crippen molar-refractivity contribution in [2.45, 2.75) is 46.5 Å². The molecule has 1 heterocycles. The van der Waals surface area contributed by atoms with E-state index in [-0.39, 0.29) is 5.41 Å². The van der Waals surface area contributed by atoms with Gasteiger partial charge in [-0.15, -0.1) is 0 Å². The van der Waals surface area contributed by atoms with Gasteiger partial charge in [-0.1, -0.05) is 39.0 Å². The number of piperidine rings is 1. The summed E-state index contributed by atoms with van der Waals surface area (Å²) in [7, 11) is 0. The lowest BCUT2D eigenvalue weighted by molar-refractivity contribution is 0.0730. The molecule has 2 rings (SSSR count). The van der Waals surface area contributed by atoms with E-state index in [1.165, 1.54) is 5.56 Å². The number of ketones is 1. The van der Waals surface area contributed by atoms with E-state index in [0.29, 0.717) is 11.7 Å². The first-order valence-corrected chi connectivity index (χ1v) is 7.92. The second kappa shape index (κ2) is 6.53. The van der Waals surface area contributed by atoms with E-state index in [1.807, 2.05) is 12.1 Å². The van der Waals surface area contributed by atoms with Gasteiger partial charge < -0.3 is 5.32 Å². The molecule has 110 valence electrons. The standard InChI is InChI=1S/C18H27NO/c1-4-18(9-6-10-19-13-18)17(20)16-8-5-7-15(12-16)11-14(2)3/h5,7-8,12,14,19H,4,6,9-11,13H2,1-3H3. The second-order valence-corrected chi connectivity index (χ2v) is 6.54. The molecule has 1 saturated heterocycles. The predicted octanol–water partition coefficient (Wildman–Crippen LogP) is 3.85. The maximum atomic E-state index is 13.0. The molecule has 1 unspecified atom stereocenters. The Balaban J connectivity index is 2.23. The van der Waals surface area contributed by atoms with Crippen LogP contribution in [-0.2, 0) is 6.42 Å². The zero-order valence-corrected chi connectivity index (χ0v) is 13.0. The number of carbonyl (C=O) groups excluding carboxylic acids is 1. The van der Waals surface area contributed by atoms with Gasteiger partial charge in [-0.05, 0) is 49.8 Å². The van der Waals surface area contributed by atoms with Gasteiger partial charge >= 0.3 is 0 Å². The van der Waals surface area contributed by atoms with Crippen LogP contribution in [0.4, 0.5) is 0 Å². The summed E-state index contributed by atoms with van der Waals surface area (Å²) >= 11 is 0. The topological polar surface area (TPSA) is 29.1 Å². The summed E-state index contributed by atoms with van der Waals surface area (Å²) in [4.78, 5) is 13.0. The maximum Gasteiger partial charge on any atom is 0.170 e. The molecule has 1 fully saturated rings. The molecule has 1 aromatic rings. The summed E-state index contributed by atoms with van der Waals surface area (Å²) < 4.78 is 0. The average molecular weight is 273 g/mol. The normalized spacial score (nSPS) is 23.0. The molecule has 1 aliphatic heterocycles. The molecule has 1 aliphatic rings. The molecule has 0 radical (unpaired) electrons. The Hall–Kier alpha value is -1.15. The molecule has 0 bridgehead atoms. The molecule has 0 aliphatic carbocycles. The lowest BCUT2D eigenvalue weighted by Gasteiger charge is -2.35. The highest BCUT2D eigenvalue weighted by Crippen LogP contribution is 2.34. The van der Waals surface area contributed by atoms with Crippen molar-refractivity contribution in [2.75, 3.05) is 13.1 Å². The minimum absolute atomic E-state index is 0.186. The van der Waals surface area contributed by atoms with E-state index in [1.54, 1.807) is 0 Å². The zero-order valence-electron chi connectivity index (χ0n) is 13.0. The van der Waals surface area contributed by atoms with Gasteiger partial charge in [-0.2, -0.15) is 0 Å². The highest BCUT2D eigenvalue weighted by molar-refractivity contribution is 6.00. The maximum absolute atomic E-state index is 13.0. The fourth-order valence-electron chi connectivity index (χ4n) is 3.24. The Morgan fingerprint density at radius 3 is 2.80 bits per heavy atom. The Bertz CT molecular complexity index is 458. The van der Waals surface area contributed by atoms with Gasteiger partial charge in [0.1, 0.15) is 0 Å². The number of carbonyl (C=O) groups is 1. The van der Waals surface area contributed by atoms with Crippen molar-refractivity contribution in [3.8, 4) is 0 Å². The van der Waals surface area contributed by atoms with Crippen LogP contribution >= 0.6 is 0 Å². The molecule has 0 saturated carbocycles. The summed E-state index contributed by atoms with van der Waals surface area (Å²) in [5.41, 5.74) is 1.99. The second-order valence-electron chi connectivity index (χ2n) is 6.54. The first-order valence-electron chi connectivity index (χ1n) is 7.92. The van der Waals surface area contributed by atoms with E-state index >= 15 is 0 Å². The first-order chi connectivity index (χ1) is 9.57. The van der Waals surface area contributed by atoms with Crippen LogP contribution in [-0.4, -0.2) is 18.9 Å². The van der Waals surface area contributed by atoms with E-state index in [0.717, 1.165) is 44.3 Å². The van der Waals surface area contributed by atoms with Crippen LogP contribution in [0.3, 0.4) is 0 Å².